The minimum absolute atomic E-state index is 0.169. The van der Waals surface area contributed by atoms with Crippen molar-refractivity contribution in [1.29, 1.82) is 0 Å². The van der Waals surface area contributed by atoms with Crippen LogP contribution in [0.3, 0.4) is 0 Å². The minimum atomic E-state index is -0.696. The number of carbonyl (C=O) groups excluding carboxylic acids is 3. The molecular formula is C23H38N4O4. The van der Waals surface area contributed by atoms with Crippen molar-refractivity contribution in [3.63, 3.8) is 0 Å². The molecule has 0 aliphatic heterocycles. The summed E-state index contributed by atoms with van der Waals surface area (Å²) in [5.74, 6) is 0.313. The van der Waals surface area contributed by atoms with Crippen molar-refractivity contribution in [1.82, 2.24) is 21.3 Å². The van der Waals surface area contributed by atoms with Crippen molar-refractivity contribution < 1.29 is 19.1 Å². The van der Waals surface area contributed by atoms with E-state index < -0.39 is 12.0 Å². The molecule has 0 radical (unpaired) electrons. The van der Waals surface area contributed by atoms with Crippen LogP contribution < -0.4 is 21.3 Å². The molecule has 0 heterocycles. The van der Waals surface area contributed by atoms with Gasteiger partial charge in [0.1, 0.15) is 6.04 Å². The van der Waals surface area contributed by atoms with E-state index in [2.05, 4.69) is 45.6 Å². The lowest BCUT2D eigenvalue weighted by molar-refractivity contribution is -0.143. The maximum absolute atomic E-state index is 12.2. The number of methoxy groups -OCH3 is 1. The first kappa shape index (κ1) is 24.8. The zero-order valence-electron chi connectivity index (χ0n) is 18.7. The molecule has 2 aliphatic carbocycles. The number of unbranched alkanes of at least 4 members (excludes halogenated alkanes) is 1. The van der Waals surface area contributed by atoms with E-state index in [4.69, 9.17) is 4.74 Å². The average Bonchev–Trinajstić information content (AvgIpc) is 2.81. The molecule has 2 rings (SSSR count). The number of urea groups is 2. The van der Waals surface area contributed by atoms with Gasteiger partial charge in [-0.15, -0.1) is 0 Å². The van der Waals surface area contributed by atoms with Crippen LogP contribution in [0.5, 0.6) is 0 Å². The molecule has 0 saturated carbocycles. The molecule has 3 atom stereocenters. The van der Waals surface area contributed by atoms with E-state index in [0.717, 1.165) is 32.1 Å². The van der Waals surface area contributed by atoms with E-state index in [9.17, 15) is 14.4 Å². The highest BCUT2D eigenvalue weighted by atomic mass is 16.5. The molecule has 4 amide bonds. The molecule has 0 aromatic rings. The van der Waals surface area contributed by atoms with Crippen LogP contribution in [0.15, 0.2) is 24.3 Å². The van der Waals surface area contributed by atoms with Gasteiger partial charge in [-0.25, -0.2) is 14.4 Å². The summed E-state index contributed by atoms with van der Waals surface area (Å²) in [6, 6.07) is -1.22. The number of carbonyl (C=O) groups is 3. The van der Waals surface area contributed by atoms with Crippen LogP contribution >= 0.6 is 0 Å². The molecule has 0 fully saturated rings. The highest BCUT2D eigenvalue weighted by molar-refractivity contribution is 5.83. The number of ether oxygens (including phenoxy) is 1. The van der Waals surface area contributed by atoms with Gasteiger partial charge < -0.3 is 26.0 Å². The maximum Gasteiger partial charge on any atom is 0.328 e. The van der Waals surface area contributed by atoms with Gasteiger partial charge in [0.05, 0.1) is 7.11 Å². The molecule has 4 N–H and O–H groups in total. The lowest BCUT2D eigenvalue weighted by Gasteiger charge is -2.20. The topological polar surface area (TPSA) is 109 Å². The third-order valence-corrected chi connectivity index (χ3v) is 5.75. The van der Waals surface area contributed by atoms with Crippen LogP contribution in [0, 0.1) is 11.8 Å². The Morgan fingerprint density at radius 3 is 2.06 bits per heavy atom. The van der Waals surface area contributed by atoms with E-state index in [1.54, 1.807) is 0 Å². The third-order valence-electron chi connectivity index (χ3n) is 5.75. The van der Waals surface area contributed by atoms with Crippen LogP contribution in [0.4, 0.5) is 9.59 Å². The Morgan fingerprint density at radius 1 is 0.903 bits per heavy atom. The lowest BCUT2D eigenvalue weighted by Crippen LogP contribution is -2.47. The van der Waals surface area contributed by atoms with E-state index in [0.29, 0.717) is 50.7 Å². The Bertz CT molecular complexity index is 635. The molecule has 8 heteroatoms. The van der Waals surface area contributed by atoms with Crippen molar-refractivity contribution in [3.05, 3.63) is 24.3 Å². The second-order valence-corrected chi connectivity index (χ2v) is 8.30. The zero-order valence-corrected chi connectivity index (χ0v) is 18.7. The monoisotopic (exact) mass is 434 g/mol. The number of hydrogen-bond acceptors (Lipinski definition) is 4. The van der Waals surface area contributed by atoms with Crippen molar-refractivity contribution in [2.24, 2.45) is 11.8 Å². The molecule has 31 heavy (non-hydrogen) atoms. The first-order valence-electron chi connectivity index (χ1n) is 11.6. The van der Waals surface area contributed by atoms with Crippen molar-refractivity contribution >= 4 is 18.0 Å². The molecule has 8 nitrogen and oxygen atoms in total. The quantitative estimate of drug-likeness (QED) is 0.228. The Hall–Kier alpha value is -2.51. The summed E-state index contributed by atoms with van der Waals surface area (Å²) >= 11 is 0. The second-order valence-electron chi connectivity index (χ2n) is 8.30. The SMILES string of the molecule is COC(=O)C(CCCCNC(=O)NCC1C=CCCC1)NC(=O)NCC1C=CCCC1. The predicted molar refractivity (Wildman–Crippen MR) is 121 cm³/mol. The molecular weight excluding hydrogens is 396 g/mol. The number of esters is 1. The van der Waals surface area contributed by atoms with Crippen molar-refractivity contribution in [2.75, 3.05) is 26.7 Å². The number of hydrogen-bond donors (Lipinski definition) is 4. The van der Waals surface area contributed by atoms with Crippen LogP contribution in [-0.4, -0.2) is 50.8 Å². The predicted octanol–water partition coefficient (Wildman–Crippen LogP) is 3.01. The third kappa shape index (κ3) is 10.4. The second kappa shape index (κ2) is 14.5. The van der Waals surface area contributed by atoms with E-state index in [1.165, 1.54) is 13.5 Å². The largest absolute Gasteiger partial charge is 0.467 e. The number of allylic oxidation sites excluding steroid dienone is 2. The lowest BCUT2D eigenvalue weighted by atomic mass is 9.96. The summed E-state index contributed by atoms with van der Waals surface area (Å²) in [4.78, 5) is 36.1. The van der Waals surface area contributed by atoms with Crippen LogP contribution in [0.2, 0.25) is 0 Å². The fourth-order valence-electron chi connectivity index (χ4n) is 3.89. The van der Waals surface area contributed by atoms with Gasteiger partial charge in [-0.05, 0) is 69.6 Å². The molecule has 0 bridgehead atoms. The summed E-state index contributed by atoms with van der Waals surface area (Å²) < 4.78 is 4.81. The minimum Gasteiger partial charge on any atom is -0.467 e. The highest BCUT2D eigenvalue weighted by Gasteiger charge is 2.21. The van der Waals surface area contributed by atoms with Crippen LogP contribution in [0.1, 0.15) is 57.8 Å². The van der Waals surface area contributed by atoms with E-state index in [1.807, 2.05) is 0 Å². The average molecular weight is 435 g/mol. The van der Waals surface area contributed by atoms with Gasteiger partial charge in [-0.1, -0.05) is 24.3 Å². The summed E-state index contributed by atoms with van der Waals surface area (Å²) in [6.45, 7) is 1.73. The number of nitrogens with one attached hydrogen (secondary N) is 4. The molecule has 0 aromatic carbocycles. The van der Waals surface area contributed by atoms with Gasteiger partial charge in [0, 0.05) is 19.6 Å². The van der Waals surface area contributed by atoms with Crippen LogP contribution in [-0.2, 0) is 9.53 Å². The van der Waals surface area contributed by atoms with E-state index in [-0.39, 0.29) is 12.1 Å². The fourth-order valence-corrected chi connectivity index (χ4v) is 3.89. The van der Waals surface area contributed by atoms with Gasteiger partial charge in [0.15, 0.2) is 0 Å². The van der Waals surface area contributed by atoms with Gasteiger partial charge in [-0.2, -0.15) is 0 Å². The molecule has 0 aromatic heterocycles. The Labute approximate surface area is 185 Å². The summed E-state index contributed by atoms with van der Waals surface area (Å²) in [7, 11) is 1.31. The molecule has 3 unspecified atom stereocenters. The fraction of sp³-hybridized carbons (Fsp3) is 0.696. The van der Waals surface area contributed by atoms with Gasteiger partial charge >= 0.3 is 18.0 Å². The number of rotatable bonds is 11. The Balaban J connectivity index is 1.59. The van der Waals surface area contributed by atoms with Gasteiger partial charge in [0.25, 0.3) is 0 Å². The Kier molecular flexibility index (Phi) is 11.6. The van der Waals surface area contributed by atoms with Gasteiger partial charge in [-0.3, -0.25) is 0 Å². The normalized spacial score (nSPS) is 21.1. The summed E-state index contributed by atoms with van der Waals surface area (Å²) in [6.07, 6.45) is 17.2. The van der Waals surface area contributed by atoms with Gasteiger partial charge in [0.2, 0.25) is 0 Å². The summed E-state index contributed by atoms with van der Waals surface area (Å²) in [5.41, 5.74) is 0. The van der Waals surface area contributed by atoms with Crippen molar-refractivity contribution in [3.8, 4) is 0 Å². The molecule has 0 spiro atoms. The maximum atomic E-state index is 12.2. The molecule has 0 saturated heterocycles. The summed E-state index contributed by atoms with van der Waals surface area (Å²) in [5, 5.41) is 11.3. The molecule has 174 valence electrons. The number of amides is 4. The van der Waals surface area contributed by atoms with Crippen LogP contribution in [0.25, 0.3) is 0 Å². The first-order chi connectivity index (χ1) is 15.1. The molecule has 2 aliphatic rings. The van der Waals surface area contributed by atoms with Crippen molar-refractivity contribution in [2.45, 2.75) is 63.8 Å². The zero-order chi connectivity index (χ0) is 22.3. The smallest absolute Gasteiger partial charge is 0.328 e. The first-order valence-corrected chi connectivity index (χ1v) is 11.6. The Morgan fingerprint density at radius 2 is 1.52 bits per heavy atom. The van der Waals surface area contributed by atoms with E-state index >= 15 is 0 Å². The highest BCUT2D eigenvalue weighted by Crippen LogP contribution is 2.16. The standard InChI is InChI=1S/C23H38N4O4/c1-31-21(28)20(27-23(30)26-17-19-12-6-3-7-13-19)14-8-9-15-24-22(29)25-16-18-10-4-2-5-11-18/h4,6,10,12,18-20H,2-3,5,7-9,11,13-17H2,1H3,(H2,24,25,29)(H2,26,27,30).